The third-order valence-corrected chi connectivity index (χ3v) is 5.12. The van der Waals surface area contributed by atoms with E-state index in [0.717, 1.165) is 6.42 Å². The molecule has 1 heterocycles. The summed E-state index contributed by atoms with van der Waals surface area (Å²) >= 11 is 0. The van der Waals surface area contributed by atoms with Crippen LogP contribution in [0.25, 0.3) is 0 Å². The van der Waals surface area contributed by atoms with Crippen molar-refractivity contribution < 1.29 is 19.1 Å². The Balaban J connectivity index is 1.94. The lowest BCUT2D eigenvalue weighted by atomic mass is 9.90. The van der Waals surface area contributed by atoms with Crippen molar-refractivity contribution >= 4 is 17.8 Å². The Morgan fingerprint density at radius 3 is 2.19 bits per heavy atom. The summed E-state index contributed by atoms with van der Waals surface area (Å²) < 4.78 is 5.22. The van der Waals surface area contributed by atoms with E-state index in [1.807, 2.05) is 35.2 Å². The minimum atomic E-state index is -0.651. The maximum Gasteiger partial charge on any atom is 0.408 e. The molecule has 6 heteroatoms. The van der Waals surface area contributed by atoms with Crippen LogP contribution >= 0.6 is 0 Å². The Kier molecular flexibility index (Phi) is 8.43. The van der Waals surface area contributed by atoms with Crippen molar-refractivity contribution in [3.63, 3.8) is 0 Å². The molecule has 1 aliphatic heterocycles. The Labute approximate surface area is 186 Å². The lowest BCUT2D eigenvalue weighted by Gasteiger charge is -2.22. The van der Waals surface area contributed by atoms with Gasteiger partial charge in [-0.25, -0.2) is 4.79 Å². The van der Waals surface area contributed by atoms with Gasteiger partial charge in [0.05, 0.1) is 6.04 Å². The number of allylic oxidation sites excluding steroid dienone is 1. The zero-order valence-electron chi connectivity index (χ0n) is 19.6. The molecule has 170 valence electrons. The molecule has 0 radical (unpaired) electrons. The van der Waals surface area contributed by atoms with Crippen molar-refractivity contribution in [2.24, 2.45) is 11.8 Å². The van der Waals surface area contributed by atoms with Crippen molar-refractivity contribution in [3.8, 4) is 0 Å². The SMILES string of the molecule is CC(C)C[C@@H](/C=C/C(=O)N1Cc2ccccc2C1)CC(=O)[C@H](C)NC(=O)OC(C)(C)C. The third-order valence-electron chi connectivity index (χ3n) is 5.12. The maximum atomic E-state index is 12.7. The molecular weight excluding hydrogens is 392 g/mol. The average molecular weight is 429 g/mol. The van der Waals surface area contributed by atoms with E-state index in [1.165, 1.54) is 11.1 Å². The monoisotopic (exact) mass is 428 g/mol. The van der Waals surface area contributed by atoms with Gasteiger partial charge in [-0.3, -0.25) is 9.59 Å². The van der Waals surface area contributed by atoms with Gasteiger partial charge >= 0.3 is 6.09 Å². The minimum Gasteiger partial charge on any atom is -0.444 e. The van der Waals surface area contributed by atoms with E-state index in [-0.39, 0.29) is 24.0 Å². The van der Waals surface area contributed by atoms with Crippen molar-refractivity contribution in [1.29, 1.82) is 0 Å². The molecule has 0 unspecified atom stereocenters. The van der Waals surface area contributed by atoms with Crippen LogP contribution in [0.3, 0.4) is 0 Å². The molecule has 1 N–H and O–H groups in total. The molecule has 2 atom stereocenters. The predicted molar refractivity (Wildman–Crippen MR) is 121 cm³/mol. The molecule has 0 spiro atoms. The molecule has 6 nitrogen and oxygen atoms in total. The second-order valence-electron chi connectivity index (χ2n) is 9.75. The van der Waals surface area contributed by atoms with Crippen LogP contribution in [-0.2, 0) is 27.4 Å². The molecule has 0 bridgehead atoms. The van der Waals surface area contributed by atoms with Crippen molar-refractivity contribution in [2.45, 2.75) is 79.1 Å². The lowest BCUT2D eigenvalue weighted by molar-refractivity contribution is -0.126. The highest BCUT2D eigenvalue weighted by Crippen LogP contribution is 2.23. The number of nitrogens with one attached hydrogen (secondary N) is 1. The summed E-state index contributed by atoms with van der Waals surface area (Å²) in [5, 5.41) is 2.60. The molecule has 0 aliphatic carbocycles. The molecular formula is C25H36N2O4. The summed E-state index contributed by atoms with van der Waals surface area (Å²) in [5.74, 6) is 0.187. The van der Waals surface area contributed by atoms with Gasteiger partial charge in [-0.1, -0.05) is 44.2 Å². The number of hydrogen-bond donors (Lipinski definition) is 1. The fraction of sp³-hybridized carbons (Fsp3) is 0.560. The number of Topliss-reactive ketones (excluding diaryl/α,β-unsaturated/α-hetero) is 1. The molecule has 31 heavy (non-hydrogen) atoms. The molecule has 0 saturated carbocycles. The van der Waals surface area contributed by atoms with E-state index in [1.54, 1.807) is 33.8 Å². The number of amides is 2. The number of alkyl carbamates (subject to hydrolysis) is 1. The van der Waals surface area contributed by atoms with Gasteiger partial charge in [-0.2, -0.15) is 0 Å². The first-order valence-corrected chi connectivity index (χ1v) is 11.0. The standard InChI is InChI=1S/C25H36N2O4/c1-17(2)13-19(14-22(28)18(3)26-24(30)31-25(4,5)6)11-12-23(29)27-15-20-9-7-8-10-21(20)16-27/h7-12,17-19H,13-16H2,1-6H3,(H,26,30)/b12-11+/t18-,19+/m0/s1. The van der Waals surface area contributed by atoms with E-state index in [0.29, 0.717) is 19.0 Å². The predicted octanol–water partition coefficient (Wildman–Crippen LogP) is 4.62. The Morgan fingerprint density at radius 1 is 1.10 bits per heavy atom. The van der Waals surface area contributed by atoms with Crippen LogP contribution < -0.4 is 5.32 Å². The summed E-state index contributed by atoms with van der Waals surface area (Å²) in [7, 11) is 0. The number of carbonyl (C=O) groups is 3. The number of carbonyl (C=O) groups excluding carboxylic acids is 3. The summed E-state index contributed by atoms with van der Waals surface area (Å²) in [5.41, 5.74) is 1.74. The number of ether oxygens (including phenoxy) is 1. The fourth-order valence-electron chi connectivity index (χ4n) is 3.65. The third kappa shape index (κ3) is 8.19. The van der Waals surface area contributed by atoms with E-state index < -0.39 is 17.7 Å². The van der Waals surface area contributed by atoms with Gasteiger partial charge in [0.2, 0.25) is 5.91 Å². The highest BCUT2D eigenvalue weighted by molar-refractivity contribution is 5.89. The van der Waals surface area contributed by atoms with Crippen molar-refractivity contribution in [2.75, 3.05) is 0 Å². The largest absolute Gasteiger partial charge is 0.444 e. The van der Waals surface area contributed by atoms with Crippen molar-refractivity contribution in [1.82, 2.24) is 10.2 Å². The van der Waals surface area contributed by atoms with E-state index in [2.05, 4.69) is 19.2 Å². The van der Waals surface area contributed by atoms with Gasteiger partial charge in [0, 0.05) is 19.5 Å². The number of ketones is 1. The number of benzene rings is 1. The van der Waals surface area contributed by atoms with Gasteiger partial charge < -0.3 is 15.0 Å². The first-order valence-electron chi connectivity index (χ1n) is 11.0. The van der Waals surface area contributed by atoms with Crippen molar-refractivity contribution in [3.05, 3.63) is 47.5 Å². The second kappa shape index (κ2) is 10.6. The second-order valence-corrected chi connectivity index (χ2v) is 9.75. The summed E-state index contributed by atoms with van der Waals surface area (Å²) in [6.07, 6.45) is 3.89. The van der Waals surface area contributed by atoms with Crippen LogP contribution in [0.1, 0.15) is 65.5 Å². The first-order chi connectivity index (χ1) is 14.4. The number of hydrogen-bond acceptors (Lipinski definition) is 4. The molecule has 1 aromatic rings. The van der Waals surface area contributed by atoms with Gasteiger partial charge in [0.1, 0.15) is 5.60 Å². The van der Waals surface area contributed by atoms with E-state index in [9.17, 15) is 14.4 Å². The average Bonchev–Trinajstić information content (AvgIpc) is 3.08. The molecule has 2 rings (SSSR count). The topological polar surface area (TPSA) is 75.7 Å². The minimum absolute atomic E-state index is 0.0441. The highest BCUT2D eigenvalue weighted by Gasteiger charge is 2.24. The van der Waals surface area contributed by atoms with Crippen LogP contribution in [0.4, 0.5) is 4.79 Å². The smallest absolute Gasteiger partial charge is 0.408 e. The molecule has 0 saturated heterocycles. The summed E-state index contributed by atoms with van der Waals surface area (Å²) in [4.78, 5) is 39.1. The van der Waals surface area contributed by atoms with Gasteiger partial charge in [0.25, 0.3) is 0 Å². The Hall–Kier alpha value is -2.63. The quantitative estimate of drug-likeness (QED) is 0.613. The Bertz CT molecular complexity index is 798. The number of fused-ring (bicyclic) bond motifs is 1. The normalized spacial score (nSPS) is 15.6. The molecule has 1 aliphatic rings. The van der Waals surface area contributed by atoms with Crippen LogP contribution in [-0.4, -0.2) is 34.3 Å². The number of rotatable bonds is 8. The molecule has 0 fully saturated rings. The van der Waals surface area contributed by atoms with Gasteiger partial charge in [-0.05, 0) is 63.2 Å². The summed E-state index contributed by atoms with van der Waals surface area (Å²) in [6, 6.07) is 7.41. The van der Waals surface area contributed by atoms with E-state index >= 15 is 0 Å². The summed E-state index contributed by atoms with van der Waals surface area (Å²) in [6.45, 7) is 12.4. The highest BCUT2D eigenvalue weighted by atomic mass is 16.6. The zero-order valence-corrected chi connectivity index (χ0v) is 19.6. The van der Waals surface area contributed by atoms with Gasteiger partial charge in [0.15, 0.2) is 5.78 Å². The molecule has 0 aromatic heterocycles. The maximum absolute atomic E-state index is 12.7. The van der Waals surface area contributed by atoms with Gasteiger partial charge in [-0.15, -0.1) is 0 Å². The fourth-order valence-corrected chi connectivity index (χ4v) is 3.65. The lowest BCUT2D eigenvalue weighted by Crippen LogP contribution is -2.42. The van der Waals surface area contributed by atoms with Crippen LogP contribution in [0.5, 0.6) is 0 Å². The molecule has 1 aromatic carbocycles. The Morgan fingerprint density at radius 2 is 1.68 bits per heavy atom. The van der Waals surface area contributed by atoms with Crippen LogP contribution in [0.2, 0.25) is 0 Å². The van der Waals surface area contributed by atoms with E-state index in [4.69, 9.17) is 4.74 Å². The first kappa shape index (κ1) is 24.6. The molecule has 2 amide bonds. The zero-order chi connectivity index (χ0) is 23.2. The van der Waals surface area contributed by atoms with Crippen LogP contribution in [0, 0.1) is 11.8 Å². The van der Waals surface area contributed by atoms with Crippen LogP contribution in [0.15, 0.2) is 36.4 Å². The number of nitrogens with zero attached hydrogens (tertiary/aromatic N) is 1.